The van der Waals surface area contributed by atoms with E-state index in [1.807, 2.05) is 31.2 Å². The summed E-state index contributed by atoms with van der Waals surface area (Å²) in [5, 5.41) is 0. The fraction of sp³-hybridized carbons (Fsp3) is 0.429. The lowest BCUT2D eigenvalue weighted by Crippen LogP contribution is -2.30. The second-order valence-electron chi connectivity index (χ2n) is 6.76. The van der Waals surface area contributed by atoms with E-state index in [0.29, 0.717) is 30.6 Å². The van der Waals surface area contributed by atoms with Gasteiger partial charge in [0.2, 0.25) is 0 Å². The van der Waals surface area contributed by atoms with E-state index in [9.17, 15) is 9.59 Å². The molecule has 1 aliphatic heterocycles. The first-order chi connectivity index (χ1) is 12.2. The summed E-state index contributed by atoms with van der Waals surface area (Å²) in [6, 6.07) is 7.77. The van der Waals surface area contributed by atoms with Crippen molar-refractivity contribution in [3.05, 3.63) is 52.5 Å². The third-order valence-corrected chi connectivity index (χ3v) is 5.17. The topological polar surface area (TPSA) is 52.6 Å². The van der Waals surface area contributed by atoms with Crippen molar-refractivity contribution in [2.75, 3.05) is 6.61 Å². The van der Waals surface area contributed by atoms with E-state index in [-0.39, 0.29) is 17.5 Å². The average molecular weight is 338 g/mol. The molecule has 0 spiro atoms. The van der Waals surface area contributed by atoms with Gasteiger partial charge in [0, 0.05) is 42.7 Å². The van der Waals surface area contributed by atoms with E-state index in [2.05, 4.69) is 0 Å². The van der Waals surface area contributed by atoms with Crippen LogP contribution in [-0.4, -0.2) is 18.2 Å². The Balaban J connectivity index is 1.82. The Morgan fingerprint density at radius 2 is 1.48 bits per heavy atom. The summed E-state index contributed by atoms with van der Waals surface area (Å²) in [4.78, 5) is 25.3. The van der Waals surface area contributed by atoms with Gasteiger partial charge < -0.3 is 9.47 Å². The number of ketones is 2. The van der Waals surface area contributed by atoms with Crippen molar-refractivity contribution >= 4 is 11.6 Å². The van der Waals surface area contributed by atoms with Gasteiger partial charge in [0.25, 0.3) is 0 Å². The number of Topliss-reactive ketones (excluding diaryl/α,β-unsaturated/α-hetero) is 2. The second kappa shape index (κ2) is 6.51. The van der Waals surface area contributed by atoms with E-state index >= 15 is 0 Å². The molecule has 0 saturated carbocycles. The van der Waals surface area contributed by atoms with Gasteiger partial charge in [-0.2, -0.15) is 0 Å². The van der Waals surface area contributed by atoms with Crippen LogP contribution in [0.15, 0.2) is 46.9 Å². The molecule has 0 radical (unpaired) electrons. The number of ether oxygens (including phenoxy) is 2. The molecule has 0 amide bonds. The second-order valence-corrected chi connectivity index (χ2v) is 6.76. The van der Waals surface area contributed by atoms with Crippen LogP contribution >= 0.6 is 0 Å². The third-order valence-electron chi connectivity index (χ3n) is 5.17. The highest BCUT2D eigenvalue weighted by atomic mass is 16.5. The van der Waals surface area contributed by atoms with Gasteiger partial charge in [0.05, 0.1) is 6.61 Å². The van der Waals surface area contributed by atoms with Crippen LogP contribution in [0.3, 0.4) is 0 Å². The van der Waals surface area contributed by atoms with Crippen molar-refractivity contribution in [3.63, 3.8) is 0 Å². The van der Waals surface area contributed by atoms with Gasteiger partial charge >= 0.3 is 0 Å². The molecule has 0 atom stereocenters. The molecule has 25 heavy (non-hydrogen) atoms. The molecule has 1 aromatic carbocycles. The number of rotatable bonds is 3. The summed E-state index contributed by atoms with van der Waals surface area (Å²) in [7, 11) is 0. The first-order valence-electron chi connectivity index (χ1n) is 9.12. The lowest BCUT2D eigenvalue weighted by atomic mass is 9.73. The molecule has 4 heteroatoms. The largest absolute Gasteiger partial charge is 0.494 e. The van der Waals surface area contributed by atoms with Crippen LogP contribution < -0.4 is 4.74 Å². The van der Waals surface area contributed by atoms with Crippen LogP contribution in [0, 0.1) is 0 Å². The number of carbonyl (C=O) groups is 2. The Bertz CT molecular complexity index is 741. The summed E-state index contributed by atoms with van der Waals surface area (Å²) < 4.78 is 11.6. The summed E-state index contributed by atoms with van der Waals surface area (Å²) in [6.07, 6.45) is 4.27. The molecule has 0 bridgehead atoms. The minimum absolute atomic E-state index is 0.116. The van der Waals surface area contributed by atoms with Crippen LogP contribution in [0.25, 0.3) is 0 Å². The fourth-order valence-corrected chi connectivity index (χ4v) is 4.07. The van der Waals surface area contributed by atoms with Crippen LogP contribution in [0.2, 0.25) is 0 Å². The Morgan fingerprint density at radius 3 is 2.00 bits per heavy atom. The zero-order valence-corrected chi connectivity index (χ0v) is 14.5. The molecule has 0 fully saturated rings. The van der Waals surface area contributed by atoms with Gasteiger partial charge in [0.1, 0.15) is 17.3 Å². The average Bonchev–Trinajstić information content (AvgIpc) is 2.62. The van der Waals surface area contributed by atoms with E-state index in [1.165, 1.54) is 0 Å². The molecular formula is C21H22O4. The number of hydrogen-bond acceptors (Lipinski definition) is 4. The molecule has 1 aromatic rings. The number of benzene rings is 1. The lowest BCUT2D eigenvalue weighted by molar-refractivity contribution is -0.117. The van der Waals surface area contributed by atoms with Gasteiger partial charge in [-0.25, -0.2) is 0 Å². The Kier molecular flexibility index (Phi) is 4.20. The molecule has 0 N–H and O–H groups in total. The van der Waals surface area contributed by atoms with E-state index in [4.69, 9.17) is 9.47 Å². The maximum Gasteiger partial charge on any atom is 0.163 e. The van der Waals surface area contributed by atoms with Gasteiger partial charge in [-0.3, -0.25) is 9.59 Å². The molecule has 0 saturated heterocycles. The molecule has 4 nitrogen and oxygen atoms in total. The fourth-order valence-electron chi connectivity index (χ4n) is 4.07. The predicted octanol–water partition coefficient (Wildman–Crippen LogP) is 4.21. The SMILES string of the molecule is CCOc1ccc(C2C3=C(CCCC3=O)OC3=C2C(=O)CCC3)cc1. The van der Waals surface area contributed by atoms with Crippen molar-refractivity contribution in [1.29, 1.82) is 0 Å². The summed E-state index contributed by atoms with van der Waals surface area (Å²) in [5.74, 6) is 2.31. The summed E-state index contributed by atoms with van der Waals surface area (Å²) in [5.41, 5.74) is 2.37. The van der Waals surface area contributed by atoms with Crippen molar-refractivity contribution in [1.82, 2.24) is 0 Å². The van der Waals surface area contributed by atoms with E-state index in [0.717, 1.165) is 48.5 Å². The molecule has 1 heterocycles. The molecule has 0 unspecified atom stereocenters. The summed E-state index contributed by atoms with van der Waals surface area (Å²) >= 11 is 0. The maximum atomic E-state index is 12.7. The quantitative estimate of drug-likeness (QED) is 0.828. The van der Waals surface area contributed by atoms with Crippen LogP contribution in [0.1, 0.15) is 56.9 Å². The normalized spacial score (nSPS) is 21.0. The first kappa shape index (κ1) is 16.1. The zero-order valence-electron chi connectivity index (χ0n) is 14.5. The smallest absolute Gasteiger partial charge is 0.163 e. The highest BCUT2D eigenvalue weighted by Crippen LogP contribution is 2.47. The zero-order chi connectivity index (χ0) is 17.4. The van der Waals surface area contributed by atoms with Gasteiger partial charge in [-0.1, -0.05) is 12.1 Å². The number of allylic oxidation sites excluding steroid dienone is 4. The van der Waals surface area contributed by atoms with Crippen molar-refractivity contribution < 1.29 is 19.1 Å². The monoisotopic (exact) mass is 338 g/mol. The van der Waals surface area contributed by atoms with Crippen LogP contribution in [-0.2, 0) is 14.3 Å². The first-order valence-corrected chi connectivity index (χ1v) is 9.12. The minimum atomic E-state index is -0.282. The molecular weight excluding hydrogens is 316 g/mol. The molecule has 130 valence electrons. The molecule has 3 aliphatic rings. The number of carbonyl (C=O) groups excluding carboxylic acids is 2. The van der Waals surface area contributed by atoms with Crippen molar-refractivity contribution in [3.8, 4) is 5.75 Å². The highest BCUT2D eigenvalue weighted by Gasteiger charge is 2.41. The highest BCUT2D eigenvalue weighted by molar-refractivity contribution is 6.05. The Hall–Kier alpha value is -2.36. The lowest BCUT2D eigenvalue weighted by Gasteiger charge is -2.36. The maximum absolute atomic E-state index is 12.7. The van der Waals surface area contributed by atoms with Gasteiger partial charge in [-0.15, -0.1) is 0 Å². The van der Waals surface area contributed by atoms with E-state index < -0.39 is 0 Å². The van der Waals surface area contributed by atoms with E-state index in [1.54, 1.807) is 0 Å². The predicted molar refractivity (Wildman–Crippen MR) is 93.2 cm³/mol. The van der Waals surface area contributed by atoms with Gasteiger partial charge in [-0.05, 0) is 37.5 Å². The minimum Gasteiger partial charge on any atom is -0.494 e. The summed E-state index contributed by atoms with van der Waals surface area (Å²) in [6.45, 7) is 2.56. The van der Waals surface area contributed by atoms with Crippen molar-refractivity contribution in [2.24, 2.45) is 0 Å². The van der Waals surface area contributed by atoms with Crippen molar-refractivity contribution in [2.45, 2.75) is 51.4 Å². The number of hydrogen-bond donors (Lipinski definition) is 0. The molecule has 4 rings (SSSR count). The molecule has 2 aliphatic carbocycles. The standard InChI is InChI=1S/C21H22O4/c1-2-24-14-11-9-13(10-12-14)19-20-15(22)5-3-7-17(20)25-18-8-4-6-16(23)21(18)19/h9-12,19H,2-8H2,1H3. The van der Waals surface area contributed by atoms with Crippen LogP contribution in [0.4, 0.5) is 0 Å². The Morgan fingerprint density at radius 1 is 0.920 bits per heavy atom. The third kappa shape index (κ3) is 2.80. The molecule has 0 aromatic heterocycles. The van der Waals surface area contributed by atoms with Gasteiger partial charge in [0.15, 0.2) is 11.6 Å². The Labute approximate surface area is 147 Å². The van der Waals surface area contributed by atoms with Crippen LogP contribution in [0.5, 0.6) is 5.75 Å².